The molecule has 0 aliphatic heterocycles. The minimum atomic E-state index is -0.804. The second-order valence-corrected chi connectivity index (χ2v) is 7.24. The minimum Gasteiger partial charge on any atom is -0.497 e. The molecule has 0 saturated carbocycles. The number of carbonyl (C=O) groups excluding carboxylic acids is 3. The van der Waals surface area contributed by atoms with Gasteiger partial charge in [0.05, 0.1) is 13.7 Å². The second kappa shape index (κ2) is 12.1. The van der Waals surface area contributed by atoms with Crippen molar-refractivity contribution in [3.05, 3.63) is 83.9 Å². The van der Waals surface area contributed by atoms with Crippen molar-refractivity contribution < 1.29 is 28.6 Å². The molecule has 0 aliphatic rings. The predicted octanol–water partition coefficient (Wildman–Crippen LogP) is 5.05. The summed E-state index contributed by atoms with van der Waals surface area (Å²) < 4.78 is 14.9. The molecule has 176 valence electrons. The van der Waals surface area contributed by atoms with Gasteiger partial charge in [-0.25, -0.2) is 4.79 Å². The van der Waals surface area contributed by atoms with E-state index in [1.807, 2.05) is 24.3 Å². The molecule has 2 N–H and O–H groups in total. The first kappa shape index (κ1) is 24.3. The number of nitrogens with one attached hydrogen (secondary N) is 2. The van der Waals surface area contributed by atoms with Gasteiger partial charge in [-0.1, -0.05) is 18.2 Å². The molecule has 0 unspecified atom stereocenters. The van der Waals surface area contributed by atoms with Gasteiger partial charge in [-0.3, -0.25) is 9.59 Å². The Hall–Kier alpha value is -4.33. The molecule has 0 heterocycles. The van der Waals surface area contributed by atoms with Gasteiger partial charge in [-0.2, -0.15) is 0 Å². The normalized spacial score (nSPS) is 10.2. The summed E-state index contributed by atoms with van der Waals surface area (Å²) in [7, 11) is 1.60. The first-order valence-electron chi connectivity index (χ1n) is 10.8. The summed E-state index contributed by atoms with van der Waals surface area (Å²) in [6.07, 6.45) is 0.0846. The average molecular weight is 463 g/mol. The topological polar surface area (TPSA) is 103 Å². The molecule has 8 heteroatoms. The number of benzene rings is 3. The van der Waals surface area contributed by atoms with Crippen LogP contribution < -0.4 is 20.1 Å². The van der Waals surface area contributed by atoms with Crippen LogP contribution in [0.25, 0.3) is 0 Å². The molecule has 0 spiro atoms. The van der Waals surface area contributed by atoms with Gasteiger partial charge in [0.25, 0.3) is 5.91 Å². The van der Waals surface area contributed by atoms with E-state index < -0.39 is 6.16 Å². The Bertz CT molecular complexity index is 1140. The molecule has 0 aromatic heterocycles. The Morgan fingerprint density at radius 3 is 2.24 bits per heavy atom. The molecule has 3 aromatic carbocycles. The van der Waals surface area contributed by atoms with Crippen molar-refractivity contribution in [2.24, 2.45) is 0 Å². The maximum atomic E-state index is 12.6. The lowest BCUT2D eigenvalue weighted by molar-refractivity contribution is -0.116. The van der Waals surface area contributed by atoms with E-state index in [4.69, 9.17) is 14.2 Å². The Balaban J connectivity index is 1.53. The van der Waals surface area contributed by atoms with Gasteiger partial charge in [0, 0.05) is 23.4 Å². The first-order chi connectivity index (χ1) is 16.5. The van der Waals surface area contributed by atoms with Crippen LogP contribution >= 0.6 is 0 Å². The van der Waals surface area contributed by atoms with E-state index >= 15 is 0 Å². The fourth-order valence-electron chi connectivity index (χ4n) is 3.11. The number of amides is 2. The molecule has 0 atom stereocenters. The lowest BCUT2D eigenvalue weighted by Gasteiger charge is -2.10. The van der Waals surface area contributed by atoms with Crippen molar-refractivity contribution in [1.29, 1.82) is 0 Å². The lowest BCUT2D eigenvalue weighted by atomic mass is 10.1. The Morgan fingerprint density at radius 1 is 0.824 bits per heavy atom. The van der Waals surface area contributed by atoms with Gasteiger partial charge in [0.1, 0.15) is 11.5 Å². The standard InChI is InChI=1S/C26H26N2O6/c1-3-33-26(31)34-22-13-11-19(12-14-22)25(30)28-21-8-5-7-20(17-21)27-24(29)15-10-18-6-4-9-23(16-18)32-2/h4-9,11-14,16-17H,3,10,15H2,1-2H3,(H,27,29)(H,28,30). The highest BCUT2D eigenvalue weighted by Crippen LogP contribution is 2.19. The summed E-state index contributed by atoms with van der Waals surface area (Å²) >= 11 is 0. The van der Waals surface area contributed by atoms with Crippen LogP contribution in [0.1, 0.15) is 29.3 Å². The van der Waals surface area contributed by atoms with Crippen molar-refractivity contribution in [3.63, 3.8) is 0 Å². The van der Waals surface area contributed by atoms with Gasteiger partial charge in [-0.15, -0.1) is 0 Å². The number of anilines is 2. The molecule has 0 bridgehead atoms. The fraction of sp³-hybridized carbons (Fsp3) is 0.192. The van der Waals surface area contributed by atoms with E-state index in [1.54, 1.807) is 38.3 Å². The van der Waals surface area contributed by atoms with E-state index in [9.17, 15) is 14.4 Å². The minimum absolute atomic E-state index is 0.136. The van der Waals surface area contributed by atoms with Crippen molar-refractivity contribution >= 4 is 29.3 Å². The van der Waals surface area contributed by atoms with Gasteiger partial charge in [0.15, 0.2) is 0 Å². The van der Waals surface area contributed by atoms with Crippen molar-refractivity contribution in [2.45, 2.75) is 19.8 Å². The molecule has 0 saturated heterocycles. The van der Waals surface area contributed by atoms with Gasteiger partial charge in [-0.05, 0) is 73.5 Å². The molecule has 0 aliphatic carbocycles. The van der Waals surface area contributed by atoms with Crippen LogP contribution in [0.5, 0.6) is 11.5 Å². The zero-order valence-corrected chi connectivity index (χ0v) is 19.0. The van der Waals surface area contributed by atoms with Crippen LogP contribution in [0, 0.1) is 0 Å². The second-order valence-electron chi connectivity index (χ2n) is 7.24. The highest BCUT2D eigenvalue weighted by atomic mass is 16.7. The summed E-state index contributed by atoms with van der Waals surface area (Å²) in [5.41, 5.74) is 2.49. The van der Waals surface area contributed by atoms with Gasteiger partial charge >= 0.3 is 6.16 Å². The smallest absolute Gasteiger partial charge is 0.497 e. The lowest BCUT2D eigenvalue weighted by Crippen LogP contribution is -2.14. The highest BCUT2D eigenvalue weighted by Gasteiger charge is 2.10. The molecule has 3 aromatic rings. The van der Waals surface area contributed by atoms with E-state index in [1.165, 1.54) is 24.3 Å². The Labute approximate surface area is 197 Å². The maximum absolute atomic E-state index is 12.6. The van der Waals surface area contributed by atoms with Gasteiger partial charge < -0.3 is 24.8 Å². The average Bonchev–Trinajstić information content (AvgIpc) is 2.83. The summed E-state index contributed by atoms with van der Waals surface area (Å²) in [5.74, 6) is 0.545. The van der Waals surface area contributed by atoms with Crippen LogP contribution in [0.2, 0.25) is 0 Å². The third-order valence-corrected chi connectivity index (χ3v) is 4.76. The number of carbonyl (C=O) groups is 3. The SMILES string of the molecule is CCOC(=O)Oc1ccc(C(=O)Nc2cccc(NC(=O)CCc3cccc(OC)c3)c2)cc1. The van der Waals surface area contributed by atoms with E-state index in [-0.39, 0.29) is 24.2 Å². The molecule has 8 nitrogen and oxygen atoms in total. The fourth-order valence-corrected chi connectivity index (χ4v) is 3.11. The number of rotatable bonds is 9. The Morgan fingerprint density at radius 2 is 1.53 bits per heavy atom. The summed E-state index contributed by atoms with van der Waals surface area (Å²) in [6.45, 7) is 1.89. The number of hydrogen-bond acceptors (Lipinski definition) is 6. The molecular formula is C26H26N2O6. The highest BCUT2D eigenvalue weighted by molar-refractivity contribution is 6.04. The molecule has 0 fully saturated rings. The van der Waals surface area contributed by atoms with Gasteiger partial charge in [0.2, 0.25) is 5.91 Å². The summed E-state index contributed by atoms with van der Waals surface area (Å²) in [4.78, 5) is 36.3. The Kier molecular flexibility index (Phi) is 8.62. The van der Waals surface area contributed by atoms with E-state index in [2.05, 4.69) is 10.6 Å². The van der Waals surface area contributed by atoms with Crippen molar-refractivity contribution in [2.75, 3.05) is 24.4 Å². The molecule has 3 rings (SSSR count). The zero-order chi connectivity index (χ0) is 24.3. The van der Waals surface area contributed by atoms with E-state index in [0.717, 1.165) is 11.3 Å². The van der Waals surface area contributed by atoms with E-state index in [0.29, 0.717) is 29.8 Å². The molecular weight excluding hydrogens is 436 g/mol. The number of hydrogen-bond donors (Lipinski definition) is 2. The first-order valence-corrected chi connectivity index (χ1v) is 10.8. The predicted molar refractivity (Wildman–Crippen MR) is 128 cm³/mol. The quantitative estimate of drug-likeness (QED) is 0.341. The molecule has 0 radical (unpaired) electrons. The maximum Gasteiger partial charge on any atom is 0.513 e. The largest absolute Gasteiger partial charge is 0.513 e. The monoisotopic (exact) mass is 462 g/mol. The molecule has 2 amide bonds. The van der Waals surface area contributed by atoms with Crippen molar-refractivity contribution in [1.82, 2.24) is 0 Å². The summed E-state index contributed by atoms with van der Waals surface area (Å²) in [6, 6.07) is 20.6. The van der Waals surface area contributed by atoms with Crippen molar-refractivity contribution in [3.8, 4) is 11.5 Å². The zero-order valence-electron chi connectivity index (χ0n) is 19.0. The number of methoxy groups -OCH3 is 1. The van der Waals surface area contributed by atoms with Crippen LogP contribution in [-0.2, 0) is 16.0 Å². The van der Waals surface area contributed by atoms with Crippen LogP contribution in [0.15, 0.2) is 72.8 Å². The van der Waals surface area contributed by atoms with Crippen LogP contribution in [0.3, 0.4) is 0 Å². The third kappa shape index (κ3) is 7.37. The number of ether oxygens (including phenoxy) is 3. The molecule has 34 heavy (non-hydrogen) atoms. The summed E-state index contributed by atoms with van der Waals surface area (Å²) in [5, 5.41) is 5.63. The number of aryl methyl sites for hydroxylation is 1. The van der Waals surface area contributed by atoms with Crippen LogP contribution in [0.4, 0.5) is 16.2 Å². The third-order valence-electron chi connectivity index (χ3n) is 4.76. The van der Waals surface area contributed by atoms with Crippen LogP contribution in [-0.4, -0.2) is 31.7 Å².